The van der Waals surface area contributed by atoms with Crippen LogP contribution in [0.15, 0.2) is 24.3 Å². The molecule has 0 heterocycles. The lowest BCUT2D eigenvalue weighted by Gasteiger charge is -2.15. The van der Waals surface area contributed by atoms with Gasteiger partial charge < -0.3 is 15.7 Å². The molecule has 6 nitrogen and oxygen atoms in total. The van der Waals surface area contributed by atoms with Crippen LogP contribution < -0.4 is 10.6 Å². The Morgan fingerprint density at radius 2 is 1.58 bits per heavy atom. The van der Waals surface area contributed by atoms with Crippen LogP contribution >= 0.6 is 0 Å². The second kappa shape index (κ2) is 6.63. The van der Waals surface area contributed by atoms with Crippen molar-refractivity contribution in [3.8, 4) is 0 Å². The van der Waals surface area contributed by atoms with E-state index in [0.29, 0.717) is 23.1 Å². The first-order valence-corrected chi connectivity index (χ1v) is 8.40. The third-order valence-electron chi connectivity index (χ3n) is 4.70. The van der Waals surface area contributed by atoms with Crippen molar-refractivity contribution in [1.82, 2.24) is 5.32 Å². The zero-order valence-electron chi connectivity index (χ0n) is 13.6. The number of carbonyl (C=O) groups excluding carboxylic acids is 2. The number of carbonyl (C=O) groups is 3. The molecule has 2 aliphatic carbocycles. The van der Waals surface area contributed by atoms with Crippen LogP contribution in [0, 0.1) is 17.8 Å². The summed E-state index contributed by atoms with van der Waals surface area (Å²) in [4.78, 5) is 35.2. The minimum atomic E-state index is -1.08. The molecule has 128 valence electrons. The average molecular weight is 330 g/mol. The Morgan fingerprint density at radius 3 is 2.04 bits per heavy atom. The topological polar surface area (TPSA) is 95.5 Å². The quantitative estimate of drug-likeness (QED) is 0.714. The molecular formula is C18H22N2O4. The molecule has 0 radical (unpaired) electrons. The smallest absolute Gasteiger partial charge is 0.325 e. The van der Waals surface area contributed by atoms with Crippen molar-refractivity contribution < 1.29 is 19.5 Å². The van der Waals surface area contributed by atoms with Crippen LogP contribution in [0.1, 0.15) is 43.0 Å². The highest BCUT2D eigenvalue weighted by atomic mass is 16.4. The van der Waals surface area contributed by atoms with Gasteiger partial charge in [0.15, 0.2) is 0 Å². The van der Waals surface area contributed by atoms with Crippen molar-refractivity contribution in [3.63, 3.8) is 0 Å². The van der Waals surface area contributed by atoms with E-state index in [-0.39, 0.29) is 11.8 Å². The van der Waals surface area contributed by atoms with Gasteiger partial charge in [0.2, 0.25) is 5.91 Å². The maximum absolute atomic E-state index is 12.5. The van der Waals surface area contributed by atoms with E-state index in [9.17, 15) is 14.4 Å². The highest BCUT2D eigenvalue weighted by Crippen LogP contribution is 2.49. The van der Waals surface area contributed by atoms with E-state index >= 15 is 0 Å². The number of hydrogen-bond donors (Lipinski definition) is 3. The van der Waals surface area contributed by atoms with Gasteiger partial charge in [-0.05, 0) is 68.7 Å². The number of nitrogens with one attached hydrogen (secondary N) is 2. The van der Waals surface area contributed by atoms with Crippen molar-refractivity contribution in [3.05, 3.63) is 29.8 Å². The maximum atomic E-state index is 12.5. The van der Waals surface area contributed by atoms with E-state index in [1.54, 1.807) is 24.3 Å². The summed E-state index contributed by atoms with van der Waals surface area (Å²) in [6, 6.07) is 5.57. The highest BCUT2D eigenvalue weighted by molar-refractivity contribution is 5.98. The standard InChI is InChI=1S/C18H22N2O4/c1-10(18(23)24)19-16(21)13-6-8-14(9-7-13)20-17(22)15(11-2-3-11)12-4-5-12/h6-12,15H,2-5H2,1H3,(H,19,21)(H,20,22)(H,23,24). The van der Waals surface area contributed by atoms with Crippen LogP contribution in [0.2, 0.25) is 0 Å². The van der Waals surface area contributed by atoms with Crippen molar-refractivity contribution >= 4 is 23.5 Å². The summed E-state index contributed by atoms with van der Waals surface area (Å²) in [6.45, 7) is 1.41. The molecule has 0 aliphatic heterocycles. The summed E-state index contributed by atoms with van der Waals surface area (Å²) in [5.41, 5.74) is 1.02. The van der Waals surface area contributed by atoms with Crippen molar-refractivity contribution in [2.75, 3.05) is 5.32 Å². The molecule has 1 aromatic carbocycles. The second-order valence-electron chi connectivity index (χ2n) is 6.80. The SMILES string of the molecule is CC(NC(=O)c1ccc(NC(=O)C(C2CC2)C2CC2)cc1)C(=O)O. The summed E-state index contributed by atoms with van der Waals surface area (Å²) in [6.07, 6.45) is 4.59. The Balaban J connectivity index is 1.58. The molecule has 0 bridgehead atoms. The van der Waals surface area contributed by atoms with Crippen molar-refractivity contribution in [1.29, 1.82) is 0 Å². The lowest BCUT2D eigenvalue weighted by Crippen LogP contribution is -2.38. The largest absolute Gasteiger partial charge is 0.480 e. The van der Waals surface area contributed by atoms with E-state index < -0.39 is 17.9 Å². The van der Waals surface area contributed by atoms with Gasteiger partial charge in [-0.2, -0.15) is 0 Å². The number of benzene rings is 1. The summed E-state index contributed by atoms with van der Waals surface area (Å²) in [5, 5.41) is 14.2. The van der Waals surface area contributed by atoms with E-state index in [1.165, 1.54) is 6.92 Å². The molecule has 3 N–H and O–H groups in total. The van der Waals surface area contributed by atoms with Gasteiger partial charge in [-0.25, -0.2) is 0 Å². The molecule has 2 amide bonds. The minimum absolute atomic E-state index is 0.0803. The maximum Gasteiger partial charge on any atom is 0.325 e. The molecule has 1 aromatic rings. The monoisotopic (exact) mass is 330 g/mol. The number of anilines is 1. The summed E-state index contributed by atoms with van der Waals surface area (Å²) >= 11 is 0. The van der Waals surface area contributed by atoms with Gasteiger partial charge in [-0.15, -0.1) is 0 Å². The molecule has 1 unspecified atom stereocenters. The van der Waals surface area contributed by atoms with Crippen LogP contribution in [-0.4, -0.2) is 28.9 Å². The van der Waals surface area contributed by atoms with Crippen molar-refractivity contribution in [2.45, 2.75) is 38.6 Å². The number of carboxylic acid groups (broad SMARTS) is 1. The molecule has 24 heavy (non-hydrogen) atoms. The summed E-state index contributed by atoms with van der Waals surface area (Å²) in [5.74, 6) is -0.240. The van der Waals surface area contributed by atoms with E-state index in [4.69, 9.17) is 5.11 Å². The van der Waals surface area contributed by atoms with Gasteiger partial charge in [-0.1, -0.05) is 0 Å². The third-order valence-corrected chi connectivity index (χ3v) is 4.70. The second-order valence-corrected chi connectivity index (χ2v) is 6.80. The fraction of sp³-hybridized carbons (Fsp3) is 0.500. The first kappa shape index (κ1) is 16.5. The van der Waals surface area contributed by atoms with Crippen LogP contribution in [0.5, 0.6) is 0 Å². The first-order chi connectivity index (χ1) is 11.5. The number of hydrogen-bond acceptors (Lipinski definition) is 3. The number of carboxylic acids is 1. The predicted octanol–water partition coefficient (Wildman–Crippen LogP) is 2.26. The van der Waals surface area contributed by atoms with Crippen LogP contribution in [0.4, 0.5) is 5.69 Å². The Kier molecular flexibility index (Phi) is 4.55. The third kappa shape index (κ3) is 3.93. The molecule has 2 aliphatic rings. The van der Waals surface area contributed by atoms with E-state index in [2.05, 4.69) is 10.6 Å². The van der Waals surface area contributed by atoms with Crippen LogP contribution in [0.3, 0.4) is 0 Å². The Bertz CT molecular complexity index is 635. The van der Waals surface area contributed by atoms with Gasteiger partial charge in [0.1, 0.15) is 6.04 Å². The summed E-state index contributed by atoms with van der Waals surface area (Å²) in [7, 11) is 0. The number of aliphatic carboxylic acids is 1. The molecule has 6 heteroatoms. The predicted molar refractivity (Wildman–Crippen MR) is 88.6 cm³/mol. The van der Waals surface area contributed by atoms with Gasteiger partial charge in [0.25, 0.3) is 5.91 Å². The molecule has 1 atom stereocenters. The van der Waals surface area contributed by atoms with Crippen LogP contribution in [0.25, 0.3) is 0 Å². The summed E-state index contributed by atoms with van der Waals surface area (Å²) < 4.78 is 0. The van der Waals surface area contributed by atoms with E-state index in [1.807, 2.05) is 0 Å². The lowest BCUT2D eigenvalue weighted by molar-refractivity contribution is -0.138. The zero-order valence-corrected chi connectivity index (χ0v) is 13.6. The van der Waals surface area contributed by atoms with E-state index in [0.717, 1.165) is 25.7 Å². The zero-order chi connectivity index (χ0) is 17.3. The van der Waals surface area contributed by atoms with Gasteiger partial charge in [-0.3, -0.25) is 14.4 Å². The number of amides is 2. The molecular weight excluding hydrogens is 308 g/mol. The molecule has 3 rings (SSSR count). The Hall–Kier alpha value is -2.37. The minimum Gasteiger partial charge on any atom is -0.480 e. The van der Waals surface area contributed by atoms with Gasteiger partial charge in [0.05, 0.1) is 0 Å². The molecule has 0 spiro atoms. The number of rotatable bonds is 7. The fourth-order valence-corrected chi connectivity index (χ4v) is 3.00. The molecule has 2 saturated carbocycles. The van der Waals surface area contributed by atoms with Gasteiger partial charge in [0, 0.05) is 17.2 Å². The average Bonchev–Trinajstić information content (AvgIpc) is 3.43. The lowest BCUT2D eigenvalue weighted by atomic mass is 9.97. The molecule has 0 saturated heterocycles. The first-order valence-electron chi connectivity index (χ1n) is 8.40. The van der Waals surface area contributed by atoms with Crippen LogP contribution in [-0.2, 0) is 9.59 Å². The fourth-order valence-electron chi connectivity index (χ4n) is 3.00. The normalized spacial score (nSPS) is 18.1. The highest BCUT2D eigenvalue weighted by Gasteiger charge is 2.45. The molecule has 2 fully saturated rings. The van der Waals surface area contributed by atoms with Gasteiger partial charge >= 0.3 is 5.97 Å². The molecule has 0 aromatic heterocycles. The van der Waals surface area contributed by atoms with Crippen molar-refractivity contribution in [2.24, 2.45) is 17.8 Å². The Labute approximate surface area is 140 Å². The Morgan fingerprint density at radius 1 is 1.04 bits per heavy atom.